The van der Waals surface area contributed by atoms with Crippen LogP contribution in [0.3, 0.4) is 0 Å². The van der Waals surface area contributed by atoms with E-state index in [-0.39, 0.29) is 0 Å². The third-order valence-electron chi connectivity index (χ3n) is 2.40. The molecule has 0 amide bonds. The van der Waals surface area contributed by atoms with Crippen LogP contribution in [0.2, 0.25) is 0 Å². The molecule has 0 bridgehead atoms. The summed E-state index contributed by atoms with van der Waals surface area (Å²) in [4.78, 5) is 1.47. The Morgan fingerprint density at radius 3 is 2.17 bits per heavy atom. The molecule has 102 valence electrons. The van der Waals surface area contributed by atoms with Crippen LogP contribution in [0.1, 0.15) is 20.8 Å². The fourth-order valence-corrected chi connectivity index (χ4v) is 3.01. The van der Waals surface area contributed by atoms with Gasteiger partial charge in [0.2, 0.25) is 0 Å². The summed E-state index contributed by atoms with van der Waals surface area (Å²) in [5.41, 5.74) is 0. The first-order valence-electron chi connectivity index (χ1n) is 5.99. The third kappa shape index (κ3) is 5.42. The zero-order chi connectivity index (χ0) is 13.8. The number of sulfone groups is 1. The molecule has 0 aliphatic heterocycles. The summed E-state index contributed by atoms with van der Waals surface area (Å²) < 4.78 is 22.7. The average molecular weight is 287 g/mol. The van der Waals surface area contributed by atoms with Gasteiger partial charge in [-0.25, -0.2) is 8.42 Å². The van der Waals surface area contributed by atoms with E-state index in [2.05, 4.69) is 26.1 Å². The van der Waals surface area contributed by atoms with E-state index in [9.17, 15) is 8.42 Å². The summed E-state index contributed by atoms with van der Waals surface area (Å²) in [5.74, 6) is 0. The molecular weight excluding hydrogens is 266 g/mol. The summed E-state index contributed by atoms with van der Waals surface area (Å²) in [7, 11) is -3.09. The van der Waals surface area contributed by atoms with Gasteiger partial charge in [-0.1, -0.05) is 20.8 Å². The van der Waals surface area contributed by atoms with E-state index in [0.29, 0.717) is 16.2 Å². The van der Waals surface area contributed by atoms with Gasteiger partial charge in [0, 0.05) is 29.0 Å². The summed E-state index contributed by atoms with van der Waals surface area (Å²) in [6.45, 7) is 7.34. The fourth-order valence-electron chi connectivity index (χ4n) is 1.44. The molecule has 18 heavy (non-hydrogen) atoms. The monoisotopic (exact) mass is 287 g/mol. The van der Waals surface area contributed by atoms with Gasteiger partial charge in [0.25, 0.3) is 0 Å². The number of nitrogens with one attached hydrogen (secondary N) is 1. The molecule has 1 N–H and O–H groups in total. The highest BCUT2D eigenvalue weighted by molar-refractivity contribution is 8.00. The summed E-state index contributed by atoms with van der Waals surface area (Å²) in [5, 5.41) is 3.84. The molecule has 1 aromatic carbocycles. The Balaban J connectivity index is 2.59. The van der Waals surface area contributed by atoms with Crippen molar-refractivity contribution in [1.82, 2.24) is 5.32 Å². The fraction of sp³-hybridized carbons (Fsp3) is 0.538. The largest absolute Gasteiger partial charge is 0.313 e. The summed E-state index contributed by atoms with van der Waals surface area (Å²) in [6, 6.07) is 7.56. The number of hydrogen-bond donors (Lipinski definition) is 1. The van der Waals surface area contributed by atoms with Gasteiger partial charge in [0.15, 0.2) is 9.84 Å². The summed E-state index contributed by atoms with van der Waals surface area (Å²) in [6.07, 6.45) is 1.23. The first kappa shape index (κ1) is 15.5. The van der Waals surface area contributed by atoms with Crippen LogP contribution in [0.25, 0.3) is 0 Å². The topological polar surface area (TPSA) is 46.2 Å². The van der Waals surface area contributed by atoms with Crippen LogP contribution in [-0.2, 0) is 9.84 Å². The maximum atomic E-state index is 11.3. The van der Waals surface area contributed by atoms with Gasteiger partial charge in [-0.15, -0.1) is 11.8 Å². The first-order chi connectivity index (χ1) is 8.29. The van der Waals surface area contributed by atoms with Gasteiger partial charge < -0.3 is 5.32 Å². The van der Waals surface area contributed by atoms with Crippen LogP contribution in [0.5, 0.6) is 0 Å². The normalized spacial score (nSPS) is 13.8. The van der Waals surface area contributed by atoms with Crippen LogP contribution < -0.4 is 5.32 Å². The second kappa shape index (κ2) is 6.59. The van der Waals surface area contributed by atoms with Gasteiger partial charge in [0.05, 0.1) is 4.90 Å². The number of hydrogen-bond acceptors (Lipinski definition) is 4. The average Bonchev–Trinajstić information content (AvgIpc) is 2.26. The Kier molecular flexibility index (Phi) is 5.69. The molecule has 0 saturated heterocycles. The van der Waals surface area contributed by atoms with E-state index in [0.717, 1.165) is 11.4 Å². The molecule has 3 nitrogen and oxygen atoms in total. The lowest BCUT2D eigenvalue weighted by molar-refractivity contribution is 0.589. The lowest BCUT2D eigenvalue weighted by Crippen LogP contribution is -2.28. The molecule has 0 aliphatic carbocycles. The molecule has 1 unspecified atom stereocenters. The highest BCUT2D eigenvalue weighted by Crippen LogP contribution is 2.24. The van der Waals surface area contributed by atoms with Gasteiger partial charge >= 0.3 is 0 Å². The Hall–Kier alpha value is -0.520. The first-order valence-corrected chi connectivity index (χ1v) is 8.76. The molecule has 0 fully saturated rings. The van der Waals surface area contributed by atoms with Crippen LogP contribution >= 0.6 is 11.8 Å². The lowest BCUT2D eigenvalue weighted by atomic mass is 10.3. The number of benzene rings is 1. The maximum Gasteiger partial charge on any atom is 0.175 e. The standard InChI is InChI=1S/C13H21NO2S2/c1-10(2)14-9-11(3)17-12-5-7-13(8-6-12)18(4,15)16/h5-8,10-11,14H,9H2,1-4H3. The minimum Gasteiger partial charge on any atom is -0.313 e. The van der Waals surface area contributed by atoms with Crippen molar-refractivity contribution in [2.75, 3.05) is 12.8 Å². The predicted molar refractivity (Wildman–Crippen MR) is 78.0 cm³/mol. The van der Waals surface area contributed by atoms with Crippen LogP contribution in [0, 0.1) is 0 Å². The molecule has 1 atom stereocenters. The van der Waals surface area contributed by atoms with Crippen molar-refractivity contribution in [2.45, 2.75) is 41.9 Å². The van der Waals surface area contributed by atoms with E-state index in [1.165, 1.54) is 6.26 Å². The highest BCUT2D eigenvalue weighted by atomic mass is 32.2. The highest BCUT2D eigenvalue weighted by Gasteiger charge is 2.08. The van der Waals surface area contributed by atoms with E-state index < -0.39 is 9.84 Å². The number of rotatable bonds is 6. The molecule has 1 aromatic rings. The van der Waals surface area contributed by atoms with Crippen molar-refractivity contribution in [3.8, 4) is 0 Å². The number of thioether (sulfide) groups is 1. The zero-order valence-electron chi connectivity index (χ0n) is 11.3. The minimum atomic E-state index is -3.09. The van der Waals surface area contributed by atoms with Crippen LogP contribution in [0.15, 0.2) is 34.1 Å². The summed E-state index contributed by atoms with van der Waals surface area (Å²) >= 11 is 1.75. The van der Waals surface area contributed by atoms with Gasteiger partial charge in [-0.05, 0) is 24.3 Å². The molecule has 0 spiro atoms. The Labute approximate surface area is 114 Å². The van der Waals surface area contributed by atoms with Crippen molar-refractivity contribution in [3.05, 3.63) is 24.3 Å². The van der Waals surface area contributed by atoms with E-state index in [1.807, 2.05) is 12.1 Å². The predicted octanol–water partition coefficient (Wildman–Crippen LogP) is 2.57. The van der Waals surface area contributed by atoms with Crippen molar-refractivity contribution in [3.63, 3.8) is 0 Å². The smallest absolute Gasteiger partial charge is 0.175 e. The quantitative estimate of drug-likeness (QED) is 0.817. The molecular formula is C13H21NO2S2. The molecule has 1 rings (SSSR count). The van der Waals surface area contributed by atoms with Crippen molar-refractivity contribution in [1.29, 1.82) is 0 Å². The molecule has 0 saturated carbocycles. The SMILES string of the molecule is CC(C)NCC(C)Sc1ccc(S(C)(=O)=O)cc1. The lowest BCUT2D eigenvalue weighted by Gasteiger charge is -2.14. The second-order valence-corrected chi connectivity index (χ2v) is 8.26. The van der Waals surface area contributed by atoms with E-state index in [4.69, 9.17) is 0 Å². The van der Waals surface area contributed by atoms with Crippen LogP contribution in [0.4, 0.5) is 0 Å². The second-order valence-electron chi connectivity index (χ2n) is 4.73. The molecule has 0 heterocycles. The minimum absolute atomic E-state index is 0.375. The van der Waals surface area contributed by atoms with Crippen molar-refractivity contribution < 1.29 is 8.42 Å². The Morgan fingerprint density at radius 1 is 1.17 bits per heavy atom. The Morgan fingerprint density at radius 2 is 1.72 bits per heavy atom. The maximum absolute atomic E-state index is 11.3. The van der Waals surface area contributed by atoms with E-state index >= 15 is 0 Å². The van der Waals surface area contributed by atoms with Crippen molar-refractivity contribution in [2.24, 2.45) is 0 Å². The third-order valence-corrected chi connectivity index (χ3v) is 4.64. The Bertz CT molecular complexity index is 466. The van der Waals surface area contributed by atoms with Gasteiger partial charge in [-0.2, -0.15) is 0 Å². The molecule has 5 heteroatoms. The van der Waals surface area contributed by atoms with E-state index in [1.54, 1.807) is 23.9 Å². The molecule has 0 radical (unpaired) electrons. The molecule has 0 aliphatic rings. The molecule has 0 aromatic heterocycles. The zero-order valence-corrected chi connectivity index (χ0v) is 12.9. The van der Waals surface area contributed by atoms with Gasteiger partial charge in [0.1, 0.15) is 0 Å². The van der Waals surface area contributed by atoms with Crippen LogP contribution in [-0.4, -0.2) is 32.5 Å². The van der Waals surface area contributed by atoms with Crippen molar-refractivity contribution >= 4 is 21.6 Å². The van der Waals surface area contributed by atoms with Gasteiger partial charge in [-0.3, -0.25) is 0 Å².